The number of hydrogen-bond donors (Lipinski definition) is 1. The molecule has 0 bridgehead atoms. The number of rotatable bonds is 4. The van der Waals surface area contributed by atoms with Gasteiger partial charge in [-0.25, -0.2) is 4.90 Å². The Hall–Kier alpha value is -4.58. The number of imide groups is 1. The van der Waals surface area contributed by atoms with Crippen molar-refractivity contribution < 1.29 is 19.2 Å². The van der Waals surface area contributed by atoms with Crippen LogP contribution in [0.15, 0.2) is 84.9 Å². The molecule has 6 nitrogen and oxygen atoms in total. The number of carbonyl (C=O) groups is 4. The summed E-state index contributed by atoms with van der Waals surface area (Å²) < 4.78 is 0. The van der Waals surface area contributed by atoms with Crippen LogP contribution >= 0.6 is 0 Å². The Morgan fingerprint density at radius 2 is 1.39 bits per heavy atom. The molecule has 0 aliphatic carbocycles. The van der Waals surface area contributed by atoms with Crippen molar-refractivity contribution >= 4 is 45.7 Å². The summed E-state index contributed by atoms with van der Waals surface area (Å²) >= 11 is 0. The van der Waals surface area contributed by atoms with E-state index in [0.29, 0.717) is 44.4 Å². The van der Waals surface area contributed by atoms with Gasteiger partial charge in [0.25, 0.3) is 11.8 Å². The normalized spacial score (nSPS) is 12.7. The molecule has 4 aromatic rings. The molecular formula is C27H18N2O4. The minimum Gasteiger partial charge on any atom is -0.326 e. The highest BCUT2D eigenvalue weighted by Gasteiger charge is 2.35. The Morgan fingerprint density at radius 1 is 0.727 bits per heavy atom. The molecule has 3 amide bonds. The monoisotopic (exact) mass is 434 g/mol. The maximum atomic E-state index is 13.4. The first kappa shape index (κ1) is 20.3. The molecule has 0 unspecified atom stereocenters. The summed E-state index contributed by atoms with van der Waals surface area (Å²) in [5, 5.41) is 3.72. The summed E-state index contributed by atoms with van der Waals surface area (Å²) in [5.74, 6) is -1.31. The van der Waals surface area contributed by atoms with Crippen LogP contribution in [-0.4, -0.2) is 23.5 Å². The van der Waals surface area contributed by atoms with E-state index in [0.717, 1.165) is 4.90 Å². The molecule has 0 spiro atoms. The van der Waals surface area contributed by atoms with Crippen molar-refractivity contribution in [3.05, 3.63) is 107 Å². The van der Waals surface area contributed by atoms with Crippen molar-refractivity contribution in [2.24, 2.45) is 0 Å². The fourth-order valence-corrected chi connectivity index (χ4v) is 4.17. The molecule has 0 fully saturated rings. The zero-order chi connectivity index (χ0) is 23.1. The van der Waals surface area contributed by atoms with Crippen LogP contribution in [0, 0.1) is 0 Å². The van der Waals surface area contributed by atoms with E-state index >= 15 is 0 Å². The number of benzene rings is 4. The molecular weight excluding hydrogens is 416 g/mol. The van der Waals surface area contributed by atoms with E-state index in [2.05, 4.69) is 5.32 Å². The van der Waals surface area contributed by atoms with Gasteiger partial charge in [0.1, 0.15) is 0 Å². The number of ketones is 1. The molecule has 5 rings (SSSR count). The summed E-state index contributed by atoms with van der Waals surface area (Å²) in [7, 11) is 0. The van der Waals surface area contributed by atoms with Gasteiger partial charge in [-0.1, -0.05) is 42.5 Å². The van der Waals surface area contributed by atoms with Gasteiger partial charge in [-0.2, -0.15) is 0 Å². The summed E-state index contributed by atoms with van der Waals surface area (Å²) in [6.07, 6.45) is 0. The van der Waals surface area contributed by atoms with Gasteiger partial charge in [0.2, 0.25) is 5.91 Å². The molecule has 0 radical (unpaired) electrons. The minimum absolute atomic E-state index is 0.171. The molecule has 0 saturated carbocycles. The average Bonchev–Trinajstić information content (AvgIpc) is 2.83. The van der Waals surface area contributed by atoms with Crippen molar-refractivity contribution in [2.75, 3.05) is 10.2 Å². The third kappa shape index (κ3) is 3.38. The zero-order valence-corrected chi connectivity index (χ0v) is 17.7. The van der Waals surface area contributed by atoms with Crippen LogP contribution in [0.25, 0.3) is 10.8 Å². The van der Waals surface area contributed by atoms with Crippen molar-refractivity contribution in [3.63, 3.8) is 0 Å². The van der Waals surface area contributed by atoms with Gasteiger partial charge in [0.15, 0.2) is 5.78 Å². The summed E-state index contributed by atoms with van der Waals surface area (Å²) in [6.45, 7) is 1.40. The highest BCUT2D eigenvalue weighted by atomic mass is 16.2. The predicted molar refractivity (Wildman–Crippen MR) is 126 cm³/mol. The maximum Gasteiger partial charge on any atom is 0.265 e. The number of amides is 3. The second-order valence-corrected chi connectivity index (χ2v) is 7.76. The Balaban J connectivity index is 1.61. The molecule has 33 heavy (non-hydrogen) atoms. The average molecular weight is 434 g/mol. The lowest BCUT2D eigenvalue weighted by atomic mass is 9.88. The van der Waals surface area contributed by atoms with Gasteiger partial charge in [-0.15, -0.1) is 0 Å². The summed E-state index contributed by atoms with van der Waals surface area (Å²) in [4.78, 5) is 52.3. The zero-order valence-electron chi connectivity index (χ0n) is 17.7. The Morgan fingerprint density at radius 3 is 2.06 bits per heavy atom. The second kappa shape index (κ2) is 7.84. The van der Waals surface area contributed by atoms with E-state index in [1.807, 2.05) is 6.07 Å². The van der Waals surface area contributed by atoms with Crippen LogP contribution in [0.3, 0.4) is 0 Å². The van der Waals surface area contributed by atoms with E-state index in [1.54, 1.807) is 78.9 Å². The number of anilines is 2. The lowest BCUT2D eigenvalue weighted by Crippen LogP contribution is -2.40. The SMILES string of the molecule is CC(=O)Nc1ccc(N2C(=O)c3cccc4c(C(=O)c5ccccc5)ccc(c34)C2=O)cc1. The van der Waals surface area contributed by atoms with Crippen LogP contribution in [0.2, 0.25) is 0 Å². The molecule has 1 aliphatic heterocycles. The van der Waals surface area contributed by atoms with E-state index in [1.165, 1.54) is 6.92 Å². The van der Waals surface area contributed by atoms with Gasteiger partial charge in [0.05, 0.1) is 5.69 Å². The van der Waals surface area contributed by atoms with E-state index in [4.69, 9.17) is 0 Å². The van der Waals surface area contributed by atoms with Crippen molar-refractivity contribution in [2.45, 2.75) is 6.92 Å². The molecule has 160 valence electrons. The highest BCUT2D eigenvalue weighted by molar-refractivity contribution is 6.37. The minimum atomic E-state index is -0.463. The number of carbonyl (C=O) groups excluding carboxylic acids is 4. The standard InChI is InChI=1S/C27H18N2O4/c1-16(30)28-18-10-12-19(13-11-18)29-26(32)22-9-5-8-20-21(14-15-23(24(20)22)27(29)33)25(31)17-6-3-2-4-7-17/h2-15H,1H3,(H,28,30). The number of hydrogen-bond acceptors (Lipinski definition) is 4. The highest BCUT2D eigenvalue weighted by Crippen LogP contribution is 2.35. The quantitative estimate of drug-likeness (QED) is 0.368. The molecule has 1 aliphatic rings. The lowest BCUT2D eigenvalue weighted by molar-refractivity contribution is -0.114. The first-order valence-electron chi connectivity index (χ1n) is 10.4. The van der Waals surface area contributed by atoms with Gasteiger partial charge in [-0.05, 0) is 47.9 Å². The molecule has 6 heteroatoms. The van der Waals surface area contributed by atoms with Crippen molar-refractivity contribution in [1.29, 1.82) is 0 Å². The third-order valence-corrected chi connectivity index (χ3v) is 5.63. The Kier molecular flexibility index (Phi) is 4.83. The van der Waals surface area contributed by atoms with Crippen LogP contribution < -0.4 is 10.2 Å². The lowest BCUT2D eigenvalue weighted by Gasteiger charge is -2.28. The summed E-state index contributed by atoms with van der Waals surface area (Å²) in [6, 6.07) is 23.8. The van der Waals surface area contributed by atoms with Gasteiger partial charge >= 0.3 is 0 Å². The second-order valence-electron chi connectivity index (χ2n) is 7.76. The van der Waals surface area contributed by atoms with Crippen LogP contribution in [0.5, 0.6) is 0 Å². The first-order chi connectivity index (χ1) is 16.0. The van der Waals surface area contributed by atoms with Crippen molar-refractivity contribution in [1.82, 2.24) is 0 Å². The van der Waals surface area contributed by atoms with E-state index in [9.17, 15) is 19.2 Å². The van der Waals surface area contributed by atoms with Gasteiger partial charge in [-0.3, -0.25) is 19.2 Å². The van der Waals surface area contributed by atoms with Crippen molar-refractivity contribution in [3.8, 4) is 0 Å². The van der Waals surface area contributed by atoms with Gasteiger partial charge in [0, 0.05) is 40.3 Å². The Bertz CT molecular complexity index is 1430. The molecule has 0 aromatic heterocycles. The number of nitrogens with zero attached hydrogens (tertiary/aromatic N) is 1. The van der Waals surface area contributed by atoms with Crippen LogP contribution in [0.1, 0.15) is 43.6 Å². The molecule has 1 heterocycles. The summed E-state index contributed by atoms with van der Waals surface area (Å²) in [5.41, 5.74) is 2.65. The van der Waals surface area contributed by atoms with E-state index in [-0.39, 0.29) is 11.7 Å². The molecule has 1 N–H and O–H groups in total. The maximum absolute atomic E-state index is 13.4. The third-order valence-electron chi connectivity index (χ3n) is 5.63. The Labute approximate surface area is 189 Å². The fourth-order valence-electron chi connectivity index (χ4n) is 4.17. The smallest absolute Gasteiger partial charge is 0.265 e. The van der Waals surface area contributed by atoms with Crippen LogP contribution in [-0.2, 0) is 4.79 Å². The van der Waals surface area contributed by atoms with Gasteiger partial charge < -0.3 is 5.32 Å². The number of nitrogens with one attached hydrogen (secondary N) is 1. The molecule has 0 atom stereocenters. The topological polar surface area (TPSA) is 83.6 Å². The van der Waals surface area contributed by atoms with E-state index < -0.39 is 11.8 Å². The van der Waals surface area contributed by atoms with Crippen LogP contribution in [0.4, 0.5) is 11.4 Å². The first-order valence-corrected chi connectivity index (χ1v) is 10.4. The molecule has 0 saturated heterocycles. The molecule has 4 aromatic carbocycles. The fraction of sp³-hybridized carbons (Fsp3) is 0.0370. The largest absolute Gasteiger partial charge is 0.326 e. The predicted octanol–water partition coefficient (Wildman–Crippen LogP) is 4.83.